The van der Waals surface area contributed by atoms with Crippen LogP contribution in [0, 0.1) is 11.7 Å². The van der Waals surface area contributed by atoms with Gasteiger partial charge in [-0.15, -0.1) is 0 Å². The second kappa shape index (κ2) is 10.8. The number of amides is 3. The Morgan fingerprint density at radius 1 is 1.13 bits per heavy atom. The normalized spacial score (nSPS) is 16.0. The van der Waals surface area contributed by atoms with Gasteiger partial charge in [-0.05, 0) is 75.1 Å². The van der Waals surface area contributed by atoms with Crippen LogP contribution in [-0.4, -0.2) is 49.6 Å². The molecule has 31 heavy (non-hydrogen) atoms. The van der Waals surface area contributed by atoms with E-state index in [1.165, 1.54) is 12.1 Å². The summed E-state index contributed by atoms with van der Waals surface area (Å²) in [7, 11) is 0. The van der Waals surface area contributed by atoms with Crippen LogP contribution in [0.25, 0.3) is 0 Å². The Labute approximate surface area is 183 Å². The van der Waals surface area contributed by atoms with Gasteiger partial charge >= 0.3 is 6.03 Å². The molecule has 7 heteroatoms. The standard InChI is InChI=1S/C24H31FN4O2/c1-3-28(4-2)22-12-10-19(11-13-22)23(30)29-14-6-7-18(17-29)16-26-24(31)27-21-9-5-8-20(25)15-21/h5,8-13,15,18H,3-4,6-7,14,16-17H2,1-2H3,(H2,26,27,31). The van der Waals surface area contributed by atoms with Gasteiger partial charge in [-0.2, -0.15) is 0 Å². The molecule has 1 saturated heterocycles. The van der Waals surface area contributed by atoms with E-state index >= 15 is 0 Å². The van der Waals surface area contributed by atoms with Crippen LogP contribution in [-0.2, 0) is 0 Å². The van der Waals surface area contributed by atoms with Crippen molar-refractivity contribution in [2.75, 3.05) is 42.9 Å². The number of halogens is 1. The highest BCUT2D eigenvalue weighted by atomic mass is 19.1. The summed E-state index contributed by atoms with van der Waals surface area (Å²) < 4.78 is 13.2. The molecule has 6 nitrogen and oxygen atoms in total. The van der Waals surface area contributed by atoms with Gasteiger partial charge in [-0.1, -0.05) is 6.07 Å². The number of hydrogen-bond donors (Lipinski definition) is 2. The quantitative estimate of drug-likeness (QED) is 0.692. The summed E-state index contributed by atoms with van der Waals surface area (Å²) in [4.78, 5) is 29.2. The van der Waals surface area contributed by atoms with Crippen LogP contribution >= 0.6 is 0 Å². The van der Waals surface area contributed by atoms with Crippen LogP contribution in [0.1, 0.15) is 37.0 Å². The first-order valence-corrected chi connectivity index (χ1v) is 10.9. The molecule has 0 saturated carbocycles. The second-order valence-corrected chi connectivity index (χ2v) is 7.82. The maximum Gasteiger partial charge on any atom is 0.319 e. The van der Waals surface area contributed by atoms with Gasteiger partial charge in [0.25, 0.3) is 5.91 Å². The zero-order valence-electron chi connectivity index (χ0n) is 18.2. The van der Waals surface area contributed by atoms with Gasteiger partial charge < -0.3 is 20.4 Å². The molecule has 2 aromatic rings. The van der Waals surface area contributed by atoms with Crippen molar-refractivity contribution in [3.05, 3.63) is 59.9 Å². The molecule has 1 aliphatic rings. The molecule has 2 aromatic carbocycles. The smallest absolute Gasteiger partial charge is 0.319 e. The van der Waals surface area contributed by atoms with Crippen molar-refractivity contribution in [3.63, 3.8) is 0 Å². The predicted molar refractivity (Wildman–Crippen MR) is 122 cm³/mol. The number of hydrogen-bond acceptors (Lipinski definition) is 3. The van der Waals surface area contributed by atoms with E-state index in [1.54, 1.807) is 12.1 Å². The molecule has 1 heterocycles. The van der Waals surface area contributed by atoms with Gasteiger partial charge in [0.15, 0.2) is 0 Å². The van der Waals surface area contributed by atoms with Gasteiger partial charge in [-0.3, -0.25) is 4.79 Å². The first-order chi connectivity index (χ1) is 15.0. The summed E-state index contributed by atoms with van der Waals surface area (Å²) in [5.41, 5.74) is 2.21. The predicted octanol–water partition coefficient (Wildman–Crippen LogP) is 4.35. The van der Waals surface area contributed by atoms with Crippen LogP contribution in [0.15, 0.2) is 48.5 Å². The van der Waals surface area contributed by atoms with Crippen molar-refractivity contribution in [1.29, 1.82) is 0 Å². The average Bonchev–Trinajstić information content (AvgIpc) is 2.79. The minimum Gasteiger partial charge on any atom is -0.372 e. The number of rotatable bonds is 7. The molecular weight excluding hydrogens is 395 g/mol. The lowest BCUT2D eigenvalue weighted by Gasteiger charge is -2.33. The maximum absolute atomic E-state index is 13.2. The lowest BCUT2D eigenvalue weighted by molar-refractivity contribution is 0.0675. The third-order valence-corrected chi connectivity index (χ3v) is 5.68. The molecule has 0 spiro atoms. The van der Waals surface area contributed by atoms with Crippen molar-refractivity contribution < 1.29 is 14.0 Å². The number of nitrogens with zero attached hydrogens (tertiary/aromatic N) is 2. The number of nitrogens with one attached hydrogen (secondary N) is 2. The topological polar surface area (TPSA) is 64.7 Å². The van der Waals surface area contributed by atoms with E-state index in [1.807, 2.05) is 29.2 Å². The van der Waals surface area contributed by atoms with Crippen LogP contribution in [0.2, 0.25) is 0 Å². The highest BCUT2D eigenvalue weighted by Crippen LogP contribution is 2.20. The molecule has 0 bridgehead atoms. The summed E-state index contributed by atoms with van der Waals surface area (Å²) >= 11 is 0. The van der Waals surface area contributed by atoms with Gasteiger partial charge in [0.2, 0.25) is 0 Å². The van der Waals surface area contributed by atoms with Gasteiger partial charge in [0, 0.05) is 49.7 Å². The third-order valence-electron chi connectivity index (χ3n) is 5.68. The number of anilines is 2. The molecule has 0 aromatic heterocycles. The minimum atomic E-state index is -0.399. The molecule has 1 fully saturated rings. The second-order valence-electron chi connectivity index (χ2n) is 7.82. The van der Waals surface area contributed by atoms with E-state index in [2.05, 4.69) is 29.4 Å². The highest BCUT2D eigenvalue weighted by molar-refractivity contribution is 5.94. The van der Waals surface area contributed by atoms with E-state index in [0.29, 0.717) is 24.3 Å². The Balaban J connectivity index is 1.51. The zero-order valence-corrected chi connectivity index (χ0v) is 18.2. The van der Waals surface area contributed by atoms with Crippen LogP contribution in [0.3, 0.4) is 0 Å². The number of piperidine rings is 1. The van der Waals surface area contributed by atoms with Crippen molar-refractivity contribution in [2.45, 2.75) is 26.7 Å². The minimum absolute atomic E-state index is 0.0278. The molecule has 2 N–H and O–H groups in total. The molecule has 3 amide bonds. The van der Waals surface area contributed by atoms with Crippen LogP contribution in [0.5, 0.6) is 0 Å². The lowest BCUT2D eigenvalue weighted by Crippen LogP contribution is -2.44. The monoisotopic (exact) mass is 426 g/mol. The Hall–Kier alpha value is -3.09. The summed E-state index contributed by atoms with van der Waals surface area (Å²) in [6.07, 6.45) is 1.85. The number of carbonyl (C=O) groups is 2. The van der Waals surface area contributed by atoms with Crippen molar-refractivity contribution >= 4 is 23.3 Å². The molecular formula is C24H31FN4O2. The molecule has 1 atom stereocenters. The first-order valence-electron chi connectivity index (χ1n) is 10.9. The van der Waals surface area contributed by atoms with E-state index in [4.69, 9.17) is 0 Å². The van der Waals surface area contributed by atoms with Crippen molar-refractivity contribution in [1.82, 2.24) is 10.2 Å². The molecule has 166 valence electrons. The third kappa shape index (κ3) is 6.20. The van der Waals surface area contributed by atoms with Crippen molar-refractivity contribution in [3.8, 4) is 0 Å². The molecule has 1 aliphatic heterocycles. The molecule has 3 rings (SSSR count). The SMILES string of the molecule is CCN(CC)c1ccc(C(=O)N2CCCC(CNC(=O)Nc3cccc(F)c3)C2)cc1. The molecule has 0 radical (unpaired) electrons. The van der Waals surface area contributed by atoms with Crippen molar-refractivity contribution in [2.24, 2.45) is 5.92 Å². The fourth-order valence-electron chi connectivity index (χ4n) is 3.98. The largest absolute Gasteiger partial charge is 0.372 e. The fraction of sp³-hybridized carbons (Fsp3) is 0.417. The number of carbonyl (C=O) groups excluding carboxylic acids is 2. The zero-order chi connectivity index (χ0) is 22.2. The molecule has 0 aliphatic carbocycles. The molecule has 1 unspecified atom stereocenters. The summed E-state index contributed by atoms with van der Waals surface area (Å²) in [5, 5.41) is 5.47. The average molecular weight is 427 g/mol. The Kier molecular flexibility index (Phi) is 7.87. The number of likely N-dealkylation sites (tertiary alicyclic amines) is 1. The van der Waals surface area contributed by atoms with Crippen LogP contribution < -0.4 is 15.5 Å². The number of urea groups is 1. The first kappa shape index (κ1) is 22.6. The fourth-order valence-corrected chi connectivity index (χ4v) is 3.98. The Morgan fingerprint density at radius 3 is 2.55 bits per heavy atom. The summed E-state index contributed by atoms with van der Waals surface area (Å²) in [6, 6.07) is 13.2. The van der Waals surface area contributed by atoms with Gasteiger partial charge in [0.05, 0.1) is 0 Å². The van der Waals surface area contributed by atoms with E-state index in [9.17, 15) is 14.0 Å². The summed E-state index contributed by atoms with van der Waals surface area (Å²) in [6.45, 7) is 7.88. The van der Waals surface area contributed by atoms with E-state index in [0.717, 1.165) is 38.2 Å². The highest BCUT2D eigenvalue weighted by Gasteiger charge is 2.25. The lowest BCUT2D eigenvalue weighted by atomic mass is 9.97. The van der Waals surface area contributed by atoms with Gasteiger partial charge in [-0.25, -0.2) is 9.18 Å². The Bertz CT molecular complexity index is 883. The van der Waals surface area contributed by atoms with E-state index < -0.39 is 5.82 Å². The van der Waals surface area contributed by atoms with Gasteiger partial charge in [0.1, 0.15) is 5.82 Å². The Morgan fingerprint density at radius 2 is 1.87 bits per heavy atom. The van der Waals surface area contributed by atoms with Crippen LogP contribution in [0.4, 0.5) is 20.6 Å². The number of benzene rings is 2. The maximum atomic E-state index is 13.2. The van der Waals surface area contributed by atoms with E-state index in [-0.39, 0.29) is 17.9 Å². The summed E-state index contributed by atoms with van der Waals surface area (Å²) in [5.74, 6) is -0.185.